The van der Waals surface area contributed by atoms with Gasteiger partial charge in [0.25, 0.3) is 5.91 Å². The van der Waals surface area contributed by atoms with Crippen molar-refractivity contribution >= 4 is 11.9 Å². The van der Waals surface area contributed by atoms with Crippen LogP contribution in [-0.2, 0) is 4.79 Å². The number of benzene rings is 1. The molecule has 22 heavy (non-hydrogen) atoms. The van der Waals surface area contributed by atoms with Gasteiger partial charge in [-0.15, -0.1) is 0 Å². The number of aryl methyl sites for hydroxylation is 1. The molecule has 5 nitrogen and oxygen atoms in total. The Morgan fingerprint density at radius 3 is 3.00 bits per heavy atom. The first-order valence-electron chi connectivity index (χ1n) is 7.60. The van der Waals surface area contributed by atoms with Gasteiger partial charge in [-0.25, -0.2) is 4.79 Å². The summed E-state index contributed by atoms with van der Waals surface area (Å²) in [6, 6.07) is 4.84. The van der Waals surface area contributed by atoms with E-state index in [-0.39, 0.29) is 18.0 Å². The second-order valence-electron chi connectivity index (χ2n) is 5.66. The summed E-state index contributed by atoms with van der Waals surface area (Å²) in [5.74, 6) is 0.652. The highest BCUT2D eigenvalue weighted by atomic mass is 16.5. The third-order valence-corrected chi connectivity index (χ3v) is 4.21. The van der Waals surface area contributed by atoms with Crippen molar-refractivity contribution < 1.29 is 14.3 Å². The Balaban J connectivity index is 1.91. The predicted octanol–water partition coefficient (Wildman–Crippen LogP) is 2.71. The summed E-state index contributed by atoms with van der Waals surface area (Å²) in [6.45, 7) is 4.39. The van der Waals surface area contributed by atoms with Gasteiger partial charge in [0.1, 0.15) is 11.8 Å². The van der Waals surface area contributed by atoms with Crippen LogP contribution in [0.3, 0.4) is 0 Å². The number of imide groups is 1. The number of urea groups is 1. The zero-order valence-electron chi connectivity index (χ0n) is 12.8. The lowest BCUT2D eigenvalue weighted by molar-refractivity contribution is -0.129. The molecule has 1 fully saturated rings. The first kappa shape index (κ1) is 14.6. The van der Waals surface area contributed by atoms with Crippen molar-refractivity contribution in [2.24, 2.45) is 0 Å². The SMILES string of the molecule is C/C=C/CC1NC(=O)N([C@@H]2CCOc3c(C)cccc32)C1=O. The molecule has 3 rings (SSSR count). The molecule has 2 heterocycles. The molecule has 1 unspecified atom stereocenters. The number of fused-ring (bicyclic) bond motifs is 1. The second-order valence-corrected chi connectivity index (χ2v) is 5.66. The van der Waals surface area contributed by atoms with Gasteiger partial charge in [0.15, 0.2) is 0 Å². The molecule has 0 spiro atoms. The van der Waals surface area contributed by atoms with Crippen LogP contribution in [0.15, 0.2) is 30.4 Å². The Morgan fingerprint density at radius 1 is 1.41 bits per heavy atom. The van der Waals surface area contributed by atoms with Crippen molar-refractivity contribution in [2.75, 3.05) is 6.61 Å². The topological polar surface area (TPSA) is 58.6 Å². The predicted molar refractivity (Wildman–Crippen MR) is 82.6 cm³/mol. The molecule has 0 saturated carbocycles. The molecule has 2 atom stereocenters. The summed E-state index contributed by atoms with van der Waals surface area (Å²) in [5, 5.41) is 2.78. The fourth-order valence-electron chi connectivity index (χ4n) is 3.11. The van der Waals surface area contributed by atoms with Gasteiger partial charge in [0.2, 0.25) is 0 Å². The Bertz CT molecular complexity index is 639. The zero-order valence-corrected chi connectivity index (χ0v) is 12.8. The minimum absolute atomic E-state index is 0.151. The standard InChI is InChI=1S/C17H20N2O3/c1-3-4-8-13-16(20)19(17(21)18-13)14-9-10-22-15-11(2)6-5-7-12(14)15/h3-7,13-14H,8-10H2,1-2H3,(H,18,21)/b4-3+/t13?,14-/m1/s1. The number of nitrogens with zero attached hydrogens (tertiary/aromatic N) is 1. The van der Waals surface area contributed by atoms with Crippen molar-refractivity contribution in [1.82, 2.24) is 10.2 Å². The van der Waals surface area contributed by atoms with Crippen LogP contribution in [0.1, 0.15) is 36.9 Å². The maximum Gasteiger partial charge on any atom is 0.325 e. The molecular weight excluding hydrogens is 280 g/mol. The lowest BCUT2D eigenvalue weighted by atomic mass is 9.96. The van der Waals surface area contributed by atoms with Gasteiger partial charge in [-0.1, -0.05) is 30.4 Å². The molecule has 3 amide bonds. The second kappa shape index (κ2) is 5.83. The maximum atomic E-state index is 12.6. The Kier molecular flexibility index (Phi) is 3.88. The molecule has 5 heteroatoms. The highest BCUT2D eigenvalue weighted by Gasteiger charge is 2.43. The number of hydrogen-bond donors (Lipinski definition) is 1. The average Bonchev–Trinajstić information content (AvgIpc) is 2.79. The van der Waals surface area contributed by atoms with Gasteiger partial charge in [-0.2, -0.15) is 0 Å². The normalized spacial score (nSPS) is 24.4. The number of hydrogen-bond acceptors (Lipinski definition) is 3. The van der Waals surface area contributed by atoms with E-state index < -0.39 is 6.04 Å². The molecule has 0 bridgehead atoms. The smallest absolute Gasteiger partial charge is 0.325 e. The van der Waals surface area contributed by atoms with E-state index in [0.717, 1.165) is 16.9 Å². The lowest BCUT2D eigenvalue weighted by Gasteiger charge is -2.32. The number of allylic oxidation sites excluding steroid dienone is 1. The number of carbonyl (C=O) groups is 2. The molecule has 0 radical (unpaired) electrons. The van der Waals surface area contributed by atoms with Crippen LogP contribution in [-0.4, -0.2) is 29.5 Å². The highest BCUT2D eigenvalue weighted by molar-refractivity contribution is 6.04. The third-order valence-electron chi connectivity index (χ3n) is 4.21. The van der Waals surface area contributed by atoms with Crippen molar-refractivity contribution in [1.29, 1.82) is 0 Å². The van der Waals surface area contributed by atoms with Gasteiger partial charge in [0.05, 0.1) is 12.6 Å². The Hall–Kier alpha value is -2.30. The van der Waals surface area contributed by atoms with Gasteiger partial charge >= 0.3 is 6.03 Å². The van der Waals surface area contributed by atoms with Crippen LogP contribution in [0.2, 0.25) is 0 Å². The van der Waals surface area contributed by atoms with E-state index in [9.17, 15) is 9.59 Å². The number of amides is 3. The lowest BCUT2D eigenvalue weighted by Crippen LogP contribution is -2.38. The molecule has 1 aromatic rings. The van der Waals surface area contributed by atoms with Gasteiger partial charge in [-0.05, 0) is 25.8 Å². The average molecular weight is 300 g/mol. The van der Waals surface area contributed by atoms with E-state index in [0.29, 0.717) is 19.4 Å². The Labute approximate surface area is 129 Å². The van der Waals surface area contributed by atoms with Crippen LogP contribution in [0, 0.1) is 6.92 Å². The van der Waals surface area contributed by atoms with E-state index in [1.807, 2.05) is 44.2 Å². The highest BCUT2D eigenvalue weighted by Crippen LogP contribution is 2.39. The van der Waals surface area contributed by atoms with Crippen molar-refractivity contribution in [3.63, 3.8) is 0 Å². The molecule has 1 N–H and O–H groups in total. The summed E-state index contributed by atoms with van der Waals surface area (Å²) in [7, 11) is 0. The van der Waals surface area contributed by atoms with Gasteiger partial charge < -0.3 is 10.1 Å². The number of carbonyl (C=O) groups excluding carboxylic acids is 2. The number of ether oxygens (including phenoxy) is 1. The quantitative estimate of drug-likeness (QED) is 0.689. The number of para-hydroxylation sites is 1. The third kappa shape index (κ3) is 2.36. The molecule has 2 aliphatic rings. The van der Waals surface area contributed by atoms with E-state index in [1.54, 1.807) is 0 Å². The molecule has 1 saturated heterocycles. The van der Waals surface area contributed by atoms with Gasteiger partial charge in [0, 0.05) is 12.0 Å². The Morgan fingerprint density at radius 2 is 2.23 bits per heavy atom. The monoisotopic (exact) mass is 300 g/mol. The minimum Gasteiger partial charge on any atom is -0.493 e. The van der Waals surface area contributed by atoms with Crippen LogP contribution in [0.25, 0.3) is 0 Å². The first-order chi connectivity index (χ1) is 10.6. The zero-order chi connectivity index (χ0) is 15.7. The number of nitrogens with one attached hydrogen (secondary N) is 1. The molecule has 1 aromatic carbocycles. The van der Waals surface area contributed by atoms with E-state index >= 15 is 0 Å². The van der Waals surface area contributed by atoms with E-state index in [2.05, 4.69) is 5.32 Å². The summed E-state index contributed by atoms with van der Waals surface area (Å²) in [4.78, 5) is 26.2. The van der Waals surface area contributed by atoms with Crippen LogP contribution in [0.5, 0.6) is 5.75 Å². The van der Waals surface area contributed by atoms with E-state index in [1.165, 1.54) is 4.90 Å². The van der Waals surface area contributed by atoms with Crippen molar-refractivity contribution in [3.05, 3.63) is 41.5 Å². The molecule has 0 aliphatic carbocycles. The van der Waals surface area contributed by atoms with Crippen molar-refractivity contribution in [2.45, 2.75) is 38.8 Å². The molecular formula is C17H20N2O3. The van der Waals surface area contributed by atoms with E-state index in [4.69, 9.17) is 4.74 Å². The minimum atomic E-state index is -0.459. The fourth-order valence-corrected chi connectivity index (χ4v) is 3.11. The summed E-state index contributed by atoms with van der Waals surface area (Å²) >= 11 is 0. The van der Waals surface area contributed by atoms with Crippen molar-refractivity contribution in [3.8, 4) is 5.75 Å². The van der Waals surface area contributed by atoms with Gasteiger partial charge in [-0.3, -0.25) is 9.69 Å². The molecule has 2 aliphatic heterocycles. The number of rotatable bonds is 3. The summed E-state index contributed by atoms with van der Waals surface area (Å²) in [6.07, 6.45) is 4.94. The van der Waals surface area contributed by atoms with Crippen LogP contribution < -0.4 is 10.1 Å². The first-order valence-corrected chi connectivity index (χ1v) is 7.60. The summed E-state index contributed by atoms with van der Waals surface area (Å²) < 4.78 is 5.73. The molecule has 0 aromatic heterocycles. The van der Waals surface area contributed by atoms with Crippen LogP contribution >= 0.6 is 0 Å². The maximum absolute atomic E-state index is 12.6. The largest absolute Gasteiger partial charge is 0.493 e. The summed E-state index contributed by atoms with van der Waals surface area (Å²) in [5.41, 5.74) is 1.95. The van der Waals surface area contributed by atoms with Crippen LogP contribution in [0.4, 0.5) is 4.79 Å². The molecule has 116 valence electrons. The fraction of sp³-hybridized carbons (Fsp3) is 0.412.